The molecule has 0 aliphatic heterocycles. The van der Waals surface area contributed by atoms with E-state index < -0.39 is 11.2 Å². The number of nitrogens with one attached hydrogen (secondary N) is 4. The molecule has 0 unspecified atom stereocenters. The molecule has 0 atom stereocenters. The summed E-state index contributed by atoms with van der Waals surface area (Å²) in [4.78, 5) is 45.2. The Labute approximate surface area is 304 Å². The molecule has 0 bridgehead atoms. The van der Waals surface area contributed by atoms with E-state index in [9.17, 15) is 9.59 Å². The van der Waals surface area contributed by atoms with Crippen molar-refractivity contribution in [1.29, 1.82) is 0 Å². The Hall–Kier alpha value is -5.45. The van der Waals surface area contributed by atoms with Gasteiger partial charge in [0.2, 0.25) is 0 Å². The number of ether oxygens (including phenoxy) is 2. The van der Waals surface area contributed by atoms with Crippen LogP contribution in [0.4, 0.5) is 9.59 Å². The zero-order valence-corrected chi connectivity index (χ0v) is 31.0. The number of amides is 2. The van der Waals surface area contributed by atoms with Crippen molar-refractivity contribution < 1.29 is 19.1 Å². The lowest BCUT2D eigenvalue weighted by Crippen LogP contribution is -2.33. The molecule has 0 aliphatic carbocycles. The number of hydrogen-bond donors (Lipinski definition) is 4. The van der Waals surface area contributed by atoms with Crippen LogP contribution in [0.1, 0.15) is 78.9 Å². The smallest absolute Gasteiger partial charge is 0.407 e. The fraction of sp³-hybridized carbons (Fsp3) is 0.390. The Kier molecular flexibility index (Phi) is 10.8. The van der Waals surface area contributed by atoms with Gasteiger partial charge in [-0.15, -0.1) is 0 Å². The Morgan fingerprint density at radius 1 is 0.577 bits per heavy atom. The first-order valence-corrected chi connectivity index (χ1v) is 18.1. The maximum absolute atomic E-state index is 11.8. The van der Waals surface area contributed by atoms with E-state index >= 15 is 0 Å². The topological polar surface area (TPSA) is 147 Å². The molecule has 11 nitrogen and oxygen atoms in total. The first-order valence-electron chi connectivity index (χ1n) is 18.1. The van der Waals surface area contributed by atoms with Crippen molar-refractivity contribution in [2.24, 2.45) is 0 Å². The Bertz CT molecular complexity index is 2030. The van der Waals surface area contributed by atoms with Crippen LogP contribution in [0, 0.1) is 0 Å². The van der Waals surface area contributed by atoms with Crippen molar-refractivity contribution in [3.05, 3.63) is 78.4 Å². The third kappa shape index (κ3) is 9.86. The molecule has 52 heavy (non-hydrogen) atoms. The lowest BCUT2D eigenvalue weighted by atomic mass is 10.0. The van der Waals surface area contributed by atoms with Crippen molar-refractivity contribution in [3.63, 3.8) is 0 Å². The van der Waals surface area contributed by atoms with E-state index in [1.165, 1.54) is 0 Å². The summed E-state index contributed by atoms with van der Waals surface area (Å²) in [6.07, 6.45) is 4.30. The van der Waals surface area contributed by atoms with Crippen LogP contribution in [0.25, 0.3) is 55.4 Å². The van der Waals surface area contributed by atoms with Gasteiger partial charge in [0.1, 0.15) is 22.9 Å². The number of rotatable bonds is 12. The zero-order chi connectivity index (χ0) is 36.9. The molecular formula is C41H49N7O4. The minimum absolute atomic E-state index is 0.383. The molecule has 3 aromatic heterocycles. The average Bonchev–Trinajstić information content (AvgIpc) is 3.68. The van der Waals surface area contributed by atoms with Crippen LogP contribution in [0.2, 0.25) is 0 Å². The number of aromatic amines is 2. The third-order valence-corrected chi connectivity index (χ3v) is 8.40. The molecule has 6 rings (SSSR count). The number of carbonyl (C=O) groups excluding carboxylic acids is 2. The monoisotopic (exact) mass is 703 g/mol. The molecule has 3 aromatic carbocycles. The standard InChI is InChI=1S/C41H49N7O4/c1-40(2,3)51-38(49)42-21-9-7-11-36-45-32-19-14-27(24-34(32)47-36)26-13-17-30-28(23-26)15-18-31(44-30)29-16-20-33-35(25-29)48-37(46-33)12-8-10-22-43-39(50)52-41(4,5)6/h13-20,23-25H,7-12,21-22H2,1-6H3,(H,42,49)(H,43,50)(H,45,47)(H,46,48). The normalized spacial score (nSPS) is 12.0. The van der Waals surface area contributed by atoms with Crippen LogP contribution in [0.3, 0.4) is 0 Å². The van der Waals surface area contributed by atoms with Gasteiger partial charge in [0.25, 0.3) is 0 Å². The number of nitrogens with zero attached hydrogens (tertiary/aromatic N) is 3. The SMILES string of the molecule is CC(C)(C)OC(=O)NCCCCc1nc2ccc(-c3ccc4nc(-c5ccc6nc(CCCCNC(=O)OC(C)(C)C)[nH]c6c5)ccc4c3)cc2[nH]1. The summed E-state index contributed by atoms with van der Waals surface area (Å²) in [7, 11) is 0. The first-order chi connectivity index (χ1) is 24.8. The van der Waals surface area contributed by atoms with Gasteiger partial charge in [0.15, 0.2) is 0 Å². The number of aromatic nitrogens is 5. The van der Waals surface area contributed by atoms with E-state index in [1.54, 1.807) is 0 Å². The van der Waals surface area contributed by atoms with Crippen molar-refractivity contribution in [1.82, 2.24) is 35.6 Å². The first kappa shape index (κ1) is 36.3. The van der Waals surface area contributed by atoms with Crippen molar-refractivity contribution in [2.75, 3.05) is 13.1 Å². The highest BCUT2D eigenvalue weighted by molar-refractivity contribution is 5.89. The van der Waals surface area contributed by atoms with Crippen molar-refractivity contribution >= 4 is 45.2 Å². The number of imidazole rings is 2. The highest BCUT2D eigenvalue weighted by atomic mass is 16.6. The molecule has 0 fully saturated rings. The van der Waals surface area contributed by atoms with Gasteiger partial charge in [0, 0.05) is 36.9 Å². The molecule has 0 spiro atoms. The molecule has 0 aliphatic rings. The molecule has 272 valence electrons. The van der Waals surface area contributed by atoms with Crippen LogP contribution in [-0.2, 0) is 22.3 Å². The van der Waals surface area contributed by atoms with Gasteiger partial charge in [-0.3, -0.25) is 0 Å². The van der Waals surface area contributed by atoms with Crippen LogP contribution in [0.5, 0.6) is 0 Å². The summed E-state index contributed by atoms with van der Waals surface area (Å²) < 4.78 is 10.6. The fourth-order valence-electron chi connectivity index (χ4n) is 6.01. The summed E-state index contributed by atoms with van der Waals surface area (Å²) in [5, 5.41) is 6.69. The van der Waals surface area contributed by atoms with Gasteiger partial charge >= 0.3 is 12.2 Å². The molecule has 4 N–H and O–H groups in total. The van der Waals surface area contributed by atoms with Crippen LogP contribution >= 0.6 is 0 Å². The molecule has 11 heteroatoms. The quantitative estimate of drug-likeness (QED) is 0.0930. The maximum atomic E-state index is 11.8. The number of unbranched alkanes of at least 4 members (excludes halogenated alkanes) is 2. The molecule has 6 aromatic rings. The van der Waals surface area contributed by atoms with Crippen molar-refractivity contribution in [3.8, 4) is 22.4 Å². The number of benzene rings is 3. The molecule has 2 amide bonds. The predicted octanol–water partition coefficient (Wildman–Crippen LogP) is 9.02. The molecular weight excluding hydrogens is 654 g/mol. The lowest BCUT2D eigenvalue weighted by molar-refractivity contribution is 0.0515. The summed E-state index contributed by atoms with van der Waals surface area (Å²) in [5.74, 6) is 1.87. The highest BCUT2D eigenvalue weighted by Crippen LogP contribution is 2.29. The van der Waals surface area contributed by atoms with Crippen LogP contribution in [0.15, 0.2) is 66.7 Å². The number of aryl methyl sites for hydroxylation is 2. The average molecular weight is 704 g/mol. The number of alkyl carbamates (subject to hydrolysis) is 2. The van der Waals surface area contributed by atoms with E-state index in [0.717, 1.165) is 106 Å². The number of hydrogen-bond acceptors (Lipinski definition) is 7. The Morgan fingerprint density at radius 2 is 1.06 bits per heavy atom. The van der Waals surface area contributed by atoms with Crippen LogP contribution in [-0.4, -0.2) is 61.4 Å². The summed E-state index contributed by atoms with van der Waals surface area (Å²) in [6.45, 7) is 12.3. The van der Waals surface area contributed by atoms with E-state index in [-0.39, 0.29) is 12.2 Å². The third-order valence-electron chi connectivity index (χ3n) is 8.40. The number of H-pyrrole nitrogens is 2. The number of fused-ring (bicyclic) bond motifs is 3. The second-order valence-corrected chi connectivity index (χ2v) is 15.2. The fourth-order valence-corrected chi connectivity index (χ4v) is 6.01. The van der Waals surface area contributed by atoms with Gasteiger partial charge in [0.05, 0.1) is 33.3 Å². The highest BCUT2D eigenvalue weighted by Gasteiger charge is 2.17. The van der Waals surface area contributed by atoms with Gasteiger partial charge in [-0.25, -0.2) is 24.5 Å². The van der Waals surface area contributed by atoms with Gasteiger partial charge in [-0.05, 0) is 121 Å². The Balaban J connectivity index is 1.04. The predicted molar refractivity (Wildman–Crippen MR) is 206 cm³/mol. The molecule has 0 radical (unpaired) electrons. The van der Waals surface area contributed by atoms with E-state index in [2.05, 4.69) is 81.3 Å². The summed E-state index contributed by atoms with van der Waals surface area (Å²) in [5.41, 5.74) is 7.91. The van der Waals surface area contributed by atoms with Gasteiger partial charge < -0.3 is 30.1 Å². The largest absolute Gasteiger partial charge is 0.444 e. The van der Waals surface area contributed by atoms with Gasteiger partial charge in [-0.1, -0.05) is 24.3 Å². The second kappa shape index (κ2) is 15.4. The van der Waals surface area contributed by atoms with Crippen molar-refractivity contribution in [2.45, 2.75) is 91.3 Å². The molecule has 0 saturated heterocycles. The second-order valence-electron chi connectivity index (χ2n) is 15.2. The van der Waals surface area contributed by atoms with E-state index in [1.807, 2.05) is 47.6 Å². The summed E-state index contributed by atoms with van der Waals surface area (Å²) in [6, 6.07) is 23.1. The van der Waals surface area contributed by atoms with E-state index in [4.69, 9.17) is 24.4 Å². The van der Waals surface area contributed by atoms with Crippen LogP contribution < -0.4 is 10.6 Å². The molecule has 0 saturated carbocycles. The zero-order valence-electron chi connectivity index (χ0n) is 31.0. The minimum Gasteiger partial charge on any atom is -0.444 e. The van der Waals surface area contributed by atoms with E-state index in [0.29, 0.717) is 13.1 Å². The maximum Gasteiger partial charge on any atom is 0.407 e. The Morgan fingerprint density at radius 3 is 1.60 bits per heavy atom. The summed E-state index contributed by atoms with van der Waals surface area (Å²) >= 11 is 0. The number of pyridine rings is 1. The van der Waals surface area contributed by atoms with Gasteiger partial charge in [-0.2, -0.15) is 0 Å². The molecule has 3 heterocycles. The lowest BCUT2D eigenvalue weighted by Gasteiger charge is -2.19. The minimum atomic E-state index is -0.499. The number of carbonyl (C=O) groups is 2.